The summed E-state index contributed by atoms with van der Waals surface area (Å²) in [7, 11) is 0. The molecule has 1 rings (SSSR count). The molecule has 112 valence electrons. The third kappa shape index (κ3) is 3.60. The minimum Gasteiger partial charge on any atom is -0.354 e. The van der Waals surface area contributed by atoms with Gasteiger partial charge in [-0.2, -0.15) is 0 Å². The number of benzene rings is 1. The molecule has 0 bridgehead atoms. The third-order valence-electron chi connectivity index (χ3n) is 4.40. The molecule has 0 saturated heterocycles. The maximum atomic E-state index is 12.5. The van der Waals surface area contributed by atoms with Gasteiger partial charge in [-0.1, -0.05) is 38.1 Å². The second-order valence-electron chi connectivity index (χ2n) is 6.19. The lowest BCUT2D eigenvalue weighted by molar-refractivity contribution is -0.126. The van der Waals surface area contributed by atoms with Crippen molar-refractivity contribution in [3.05, 3.63) is 35.4 Å². The van der Waals surface area contributed by atoms with E-state index >= 15 is 0 Å². The zero-order valence-corrected chi connectivity index (χ0v) is 13.4. The van der Waals surface area contributed by atoms with Gasteiger partial charge in [-0.25, -0.2) is 0 Å². The topological polar surface area (TPSA) is 55.1 Å². The van der Waals surface area contributed by atoms with Crippen LogP contribution in [-0.4, -0.2) is 18.0 Å². The van der Waals surface area contributed by atoms with Crippen LogP contribution in [-0.2, 0) is 10.2 Å². The number of carbonyl (C=O) groups excluding carboxylic acids is 1. The number of rotatable bonds is 6. The lowest BCUT2D eigenvalue weighted by atomic mass is 9.81. The fourth-order valence-corrected chi connectivity index (χ4v) is 2.37. The van der Waals surface area contributed by atoms with Gasteiger partial charge in [-0.15, -0.1) is 0 Å². The van der Waals surface area contributed by atoms with Gasteiger partial charge < -0.3 is 11.1 Å². The number of aryl methyl sites for hydroxylation is 1. The molecule has 3 nitrogen and oxygen atoms in total. The largest absolute Gasteiger partial charge is 0.354 e. The molecule has 0 aliphatic rings. The van der Waals surface area contributed by atoms with E-state index in [-0.39, 0.29) is 11.4 Å². The van der Waals surface area contributed by atoms with Crippen molar-refractivity contribution in [2.24, 2.45) is 5.73 Å². The molecule has 0 aliphatic heterocycles. The fourth-order valence-electron chi connectivity index (χ4n) is 2.37. The van der Waals surface area contributed by atoms with Gasteiger partial charge in [0.2, 0.25) is 5.91 Å². The Morgan fingerprint density at radius 2 is 1.75 bits per heavy atom. The highest BCUT2D eigenvalue weighted by Gasteiger charge is 2.32. The van der Waals surface area contributed by atoms with Gasteiger partial charge >= 0.3 is 0 Å². The summed E-state index contributed by atoms with van der Waals surface area (Å²) in [6.07, 6.45) is 1.71. The van der Waals surface area contributed by atoms with Crippen molar-refractivity contribution < 1.29 is 4.79 Å². The molecule has 0 radical (unpaired) electrons. The first-order chi connectivity index (χ1) is 9.27. The Labute approximate surface area is 122 Å². The molecule has 0 saturated carbocycles. The lowest BCUT2D eigenvalue weighted by Crippen LogP contribution is -2.52. The Morgan fingerprint density at radius 3 is 2.25 bits per heavy atom. The second kappa shape index (κ2) is 6.40. The van der Waals surface area contributed by atoms with Crippen LogP contribution in [0.4, 0.5) is 0 Å². The average Bonchev–Trinajstić information content (AvgIpc) is 2.44. The molecule has 0 aliphatic carbocycles. The molecule has 0 aromatic heterocycles. The number of nitrogens with two attached hydrogens (primary N) is 1. The van der Waals surface area contributed by atoms with Crippen LogP contribution in [0.3, 0.4) is 0 Å². The van der Waals surface area contributed by atoms with Gasteiger partial charge in [0.05, 0.1) is 5.41 Å². The van der Waals surface area contributed by atoms with E-state index in [1.54, 1.807) is 0 Å². The average molecular weight is 276 g/mol. The first kappa shape index (κ1) is 16.7. The Bertz CT molecular complexity index is 462. The SMILES string of the molecule is CCC(N)(CC)CNC(=O)C(C)(C)c1ccccc1C. The van der Waals surface area contributed by atoms with E-state index in [9.17, 15) is 4.79 Å². The molecule has 1 aromatic rings. The number of hydrogen-bond donors (Lipinski definition) is 2. The van der Waals surface area contributed by atoms with E-state index in [1.807, 2.05) is 45.0 Å². The second-order valence-corrected chi connectivity index (χ2v) is 6.19. The molecule has 0 atom stereocenters. The summed E-state index contributed by atoms with van der Waals surface area (Å²) in [5.74, 6) is 0.0310. The summed E-state index contributed by atoms with van der Waals surface area (Å²) in [6.45, 7) is 10.6. The highest BCUT2D eigenvalue weighted by Crippen LogP contribution is 2.26. The highest BCUT2D eigenvalue weighted by molar-refractivity contribution is 5.87. The molecule has 0 unspecified atom stereocenters. The Hall–Kier alpha value is -1.35. The summed E-state index contributed by atoms with van der Waals surface area (Å²) in [5, 5.41) is 3.03. The number of amides is 1. The quantitative estimate of drug-likeness (QED) is 0.839. The fraction of sp³-hybridized carbons (Fsp3) is 0.588. The molecule has 0 heterocycles. The smallest absolute Gasteiger partial charge is 0.230 e. The van der Waals surface area contributed by atoms with Gasteiger partial charge in [0, 0.05) is 12.1 Å². The van der Waals surface area contributed by atoms with Gasteiger partial charge in [0.15, 0.2) is 0 Å². The molecular weight excluding hydrogens is 248 g/mol. The summed E-state index contributed by atoms with van der Waals surface area (Å²) in [5.41, 5.74) is 7.59. The minimum absolute atomic E-state index is 0.0310. The molecule has 0 spiro atoms. The van der Waals surface area contributed by atoms with Gasteiger partial charge in [0.25, 0.3) is 0 Å². The van der Waals surface area contributed by atoms with Gasteiger partial charge in [-0.3, -0.25) is 4.79 Å². The Balaban J connectivity index is 2.84. The van der Waals surface area contributed by atoms with Crippen molar-refractivity contribution in [2.75, 3.05) is 6.54 Å². The monoisotopic (exact) mass is 276 g/mol. The Morgan fingerprint density at radius 1 is 1.20 bits per heavy atom. The highest BCUT2D eigenvalue weighted by atomic mass is 16.2. The summed E-state index contributed by atoms with van der Waals surface area (Å²) >= 11 is 0. The first-order valence-corrected chi connectivity index (χ1v) is 7.40. The van der Waals surface area contributed by atoms with E-state index in [0.717, 1.165) is 24.0 Å². The molecule has 0 fully saturated rings. The normalized spacial score (nSPS) is 12.3. The predicted molar refractivity (Wildman–Crippen MR) is 84.7 cm³/mol. The minimum atomic E-state index is -0.548. The van der Waals surface area contributed by atoms with Crippen LogP contribution < -0.4 is 11.1 Å². The molecule has 1 amide bonds. The maximum Gasteiger partial charge on any atom is 0.230 e. The zero-order valence-electron chi connectivity index (χ0n) is 13.4. The molecule has 3 N–H and O–H groups in total. The van der Waals surface area contributed by atoms with Crippen molar-refractivity contribution >= 4 is 5.91 Å². The maximum absolute atomic E-state index is 12.5. The molecule has 1 aromatic carbocycles. The van der Waals surface area contributed by atoms with E-state index < -0.39 is 5.41 Å². The van der Waals surface area contributed by atoms with E-state index in [0.29, 0.717) is 6.54 Å². The predicted octanol–water partition coefficient (Wildman–Crippen LogP) is 2.91. The standard InChI is InChI=1S/C17H28N2O/c1-6-17(18,7-2)12-19-15(20)16(4,5)14-11-9-8-10-13(14)3/h8-11H,6-7,12,18H2,1-5H3,(H,19,20). The lowest BCUT2D eigenvalue weighted by Gasteiger charge is -2.31. The molecular formula is C17H28N2O. The van der Waals surface area contributed by atoms with Crippen LogP contribution in [0.1, 0.15) is 51.7 Å². The van der Waals surface area contributed by atoms with E-state index in [1.165, 1.54) is 0 Å². The van der Waals surface area contributed by atoms with Crippen LogP contribution in [0.5, 0.6) is 0 Å². The zero-order chi connectivity index (χ0) is 15.4. The van der Waals surface area contributed by atoms with Gasteiger partial charge in [-0.05, 0) is 44.7 Å². The number of nitrogens with one attached hydrogen (secondary N) is 1. The van der Waals surface area contributed by atoms with Crippen molar-refractivity contribution in [1.82, 2.24) is 5.32 Å². The van der Waals surface area contributed by atoms with Crippen molar-refractivity contribution in [2.45, 2.75) is 58.4 Å². The van der Waals surface area contributed by atoms with Crippen molar-refractivity contribution in [3.8, 4) is 0 Å². The first-order valence-electron chi connectivity index (χ1n) is 7.40. The number of hydrogen-bond acceptors (Lipinski definition) is 2. The Kier molecular flexibility index (Phi) is 5.35. The van der Waals surface area contributed by atoms with Gasteiger partial charge in [0.1, 0.15) is 0 Å². The van der Waals surface area contributed by atoms with Crippen LogP contribution in [0.25, 0.3) is 0 Å². The van der Waals surface area contributed by atoms with Crippen molar-refractivity contribution in [3.63, 3.8) is 0 Å². The molecule has 3 heteroatoms. The van der Waals surface area contributed by atoms with Crippen LogP contribution >= 0.6 is 0 Å². The van der Waals surface area contributed by atoms with E-state index in [2.05, 4.69) is 19.2 Å². The third-order valence-corrected chi connectivity index (χ3v) is 4.40. The molecule has 20 heavy (non-hydrogen) atoms. The van der Waals surface area contributed by atoms with Crippen LogP contribution in [0.15, 0.2) is 24.3 Å². The van der Waals surface area contributed by atoms with Crippen molar-refractivity contribution in [1.29, 1.82) is 0 Å². The summed E-state index contributed by atoms with van der Waals surface area (Å²) in [4.78, 5) is 12.5. The van der Waals surface area contributed by atoms with Crippen LogP contribution in [0.2, 0.25) is 0 Å². The summed E-state index contributed by atoms with van der Waals surface area (Å²) < 4.78 is 0. The van der Waals surface area contributed by atoms with Crippen LogP contribution in [0, 0.1) is 6.92 Å². The van der Waals surface area contributed by atoms with E-state index in [4.69, 9.17) is 5.73 Å². The summed E-state index contributed by atoms with van der Waals surface area (Å²) in [6, 6.07) is 8.02. The number of carbonyl (C=O) groups is 1.